The van der Waals surface area contributed by atoms with Gasteiger partial charge in [0.15, 0.2) is 0 Å². The molecule has 0 radical (unpaired) electrons. The van der Waals surface area contributed by atoms with Crippen molar-refractivity contribution in [3.8, 4) is 17.2 Å². The molecule has 16 heavy (non-hydrogen) atoms. The van der Waals surface area contributed by atoms with Crippen LogP contribution in [0, 0.1) is 23.0 Å². The van der Waals surface area contributed by atoms with Crippen LogP contribution in [0.2, 0.25) is 0 Å². The third-order valence-electron chi connectivity index (χ3n) is 2.26. The summed E-state index contributed by atoms with van der Waals surface area (Å²) in [6.45, 7) is 0. The molecule has 0 unspecified atom stereocenters. The minimum absolute atomic E-state index is 0.164. The van der Waals surface area contributed by atoms with Crippen molar-refractivity contribution in [1.29, 1.82) is 5.26 Å². The molecular formula is C13H7F2N. The molecule has 0 heterocycles. The van der Waals surface area contributed by atoms with Gasteiger partial charge in [0.25, 0.3) is 0 Å². The van der Waals surface area contributed by atoms with Gasteiger partial charge in [-0.2, -0.15) is 5.26 Å². The summed E-state index contributed by atoms with van der Waals surface area (Å²) in [6.07, 6.45) is 0. The first-order valence-electron chi connectivity index (χ1n) is 4.67. The molecule has 0 saturated carbocycles. The zero-order chi connectivity index (χ0) is 11.5. The standard InChI is InChI=1S/C13H7F2N/c14-12-4-2-1-3-10(12)11-6-5-9(8-16)7-13(11)15/h1-7H. The van der Waals surface area contributed by atoms with Crippen molar-refractivity contribution < 1.29 is 8.78 Å². The van der Waals surface area contributed by atoms with E-state index in [1.165, 1.54) is 24.3 Å². The highest BCUT2D eigenvalue weighted by Crippen LogP contribution is 2.25. The Morgan fingerprint density at radius 3 is 2.19 bits per heavy atom. The first kappa shape index (κ1) is 10.3. The van der Waals surface area contributed by atoms with Gasteiger partial charge in [0.05, 0.1) is 11.6 Å². The van der Waals surface area contributed by atoms with Crippen molar-refractivity contribution in [2.45, 2.75) is 0 Å². The molecule has 0 aliphatic carbocycles. The lowest BCUT2D eigenvalue weighted by atomic mass is 10.0. The van der Waals surface area contributed by atoms with E-state index in [1.807, 2.05) is 6.07 Å². The predicted molar refractivity (Wildman–Crippen MR) is 56.5 cm³/mol. The first-order valence-corrected chi connectivity index (χ1v) is 4.67. The summed E-state index contributed by atoms with van der Waals surface area (Å²) < 4.78 is 27.0. The molecule has 2 aromatic rings. The molecule has 0 aromatic heterocycles. The van der Waals surface area contributed by atoms with Crippen molar-refractivity contribution in [2.75, 3.05) is 0 Å². The van der Waals surface area contributed by atoms with E-state index < -0.39 is 11.6 Å². The highest BCUT2D eigenvalue weighted by atomic mass is 19.1. The molecule has 78 valence electrons. The van der Waals surface area contributed by atoms with E-state index in [0.29, 0.717) is 0 Å². The number of rotatable bonds is 1. The predicted octanol–water partition coefficient (Wildman–Crippen LogP) is 3.50. The average molecular weight is 215 g/mol. The summed E-state index contributed by atoms with van der Waals surface area (Å²) in [7, 11) is 0. The van der Waals surface area contributed by atoms with Gasteiger partial charge >= 0.3 is 0 Å². The van der Waals surface area contributed by atoms with Gasteiger partial charge in [-0.3, -0.25) is 0 Å². The van der Waals surface area contributed by atoms with Crippen molar-refractivity contribution >= 4 is 0 Å². The molecule has 3 heteroatoms. The Morgan fingerprint density at radius 2 is 1.56 bits per heavy atom. The quantitative estimate of drug-likeness (QED) is 0.714. The second kappa shape index (κ2) is 4.11. The number of hydrogen-bond donors (Lipinski definition) is 0. The number of nitrogens with zero attached hydrogens (tertiary/aromatic N) is 1. The first-order chi connectivity index (χ1) is 7.72. The van der Waals surface area contributed by atoms with Crippen LogP contribution in [0.15, 0.2) is 42.5 Å². The summed E-state index contributed by atoms with van der Waals surface area (Å²) in [4.78, 5) is 0. The van der Waals surface area contributed by atoms with E-state index in [1.54, 1.807) is 12.1 Å². The smallest absolute Gasteiger partial charge is 0.132 e. The maximum absolute atomic E-state index is 13.6. The van der Waals surface area contributed by atoms with E-state index >= 15 is 0 Å². The molecule has 0 saturated heterocycles. The van der Waals surface area contributed by atoms with Crippen LogP contribution < -0.4 is 0 Å². The molecule has 1 nitrogen and oxygen atoms in total. The maximum atomic E-state index is 13.6. The van der Waals surface area contributed by atoms with Crippen LogP contribution in [-0.4, -0.2) is 0 Å². The third kappa shape index (κ3) is 1.78. The molecule has 2 aromatic carbocycles. The van der Waals surface area contributed by atoms with Gasteiger partial charge < -0.3 is 0 Å². The van der Waals surface area contributed by atoms with Crippen molar-refractivity contribution in [1.82, 2.24) is 0 Å². The normalized spacial score (nSPS) is 9.81. The number of hydrogen-bond acceptors (Lipinski definition) is 1. The minimum Gasteiger partial charge on any atom is -0.206 e. The Labute approximate surface area is 91.6 Å². The van der Waals surface area contributed by atoms with Crippen LogP contribution in [0.4, 0.5) is 8.78 Å². The van der Waals surface area contributed by atoms with Crippen LogP contribution in [0.5, 0.6) is 0 Å². The lowest BCUT2D eigenvalue weighted by Crippen LogP contribution is -1.89. The average Bonchev–Trinajstić information content (AvgIpc) is 2.30. The Hall–Kier alpha value is -2.21. The van der Waals surface area contributed by atoms with Gasteiger partial charge in [0.1, 0.15) is 11.6 Å². The van der Waals surface area contributed by atoms with Gasteiger partial charge in [0, 0.05) is 11.1 Å². The second-order valence-corrected chi connectivity index (χ2v) is 3.29. The summed E-state index contributed by atoms with van der Waals surface area (Å²) in [5.41, 5.74) is 0.583. The van der Waals surface area contributed by atoms with E-state index in [-0.39, 0.29) is 16.7 Å². The van der Waals surface area contributed by atoms with Crippen LogP contribution >= 0.6 is 0 Å². The molecule has 0 aliphatic heterocycles. The Morgan fingerprint density at radius 1 is 0.875 bits per heavy atom. The number of nitriles is 1. The van der Waals surface area contributed by atoms with Crippen LogP contribution in [0.3, 0.4) is 0 Å². The highest BCUT2D eigenvalue weighted by molar-refractivity contribution is 5.65. The summed E-state index contributed by atoms with van der Waals surface area (Å²) in [6, 6.07) is 11.7. The molecule has 0 atom stereocenters. The van der Waals surface area contributed by atoms with Gasteiger partial charge in [-0.25, -0.2) is 8.78 Å². The van der Waals surface area contributed by atoms with Crippen LogP contribution in [0.1, 0.15) is 5.56 Å². The molecular weight excluding hydrogens is 208 g/mol. The minimum atomic E-state index is -0.593. The Bertz CT molecular complexity index is 570. The van der Waals surface area contributed by atoms with Gasteiger partial charge in [-0.05, 0) is 18.2 Å². The van der Waals surface area contributed by atoms with Gasteiger partial charge in [0.2, 0.25) is 0 Å². The zero-order valence-electron chi connectivity index (χ0n) is 8.24. The van der Waals surface area contributed by atoms with Crippen LogP contribution in [0.25, 0.3) is 11.1 Å². The summed E-state index contributed by atoms with van der Waals surface area (Å²) in [5, 5.41) is 8.59. The van der Waals surface area contributed by atoms with Gasteiger partial charge in [-0.1, -0.05) is 24.3 Å². The lowest BCUT2D eigenvalue weighted by molar-refractivity contribution is 0.616. The largest absolute Gasteiger partial charge is 0.206 e. The van der Waals surface area contributed by atoms with Gasteiger partial charge in [-0.15, -0.1) is 0 Å². The molecule has 0 aliphatic rings. The fraction of sp³-hybridized carbons (Fsp3) is 0. The van der Waals surface area contributed by atoms with E-state index in [0.717, 1.165) is 6.07 Å². The summed E-state index contributed by atoms with van der Waals surface area (Å²) in [5.74, 6) is -1.07. The topological polar surface area (TPSA) is 23.8 Å². The van der Waals surface area contributed by atoms with E-state index in [4.69, 9.17) is 5.26 Å². The third-order valence-corrected chi connectivity index (χ3v) is 2.26. The second-order valence-electron chi connectivity index (χ2n) is 3.29. The lowest BCUT2D eigenvalue weighted by Gasteiger charge is -2.04. The maximum Gasteiger partial charge on any atom is 0.132 e. The van der Waals surface area contributed by atoms with Crippen LogP contribution in [-0.2, 0) is 0 Å². The molecule has 0 fully saturated rings. The van der Waals surface area contributed by atoms with Crippen molar-refractivity contribution in [2.24, 2.45) is 0 Å². The fourth-order valence-electron chi connectivity index (χ4n) is 1.48. The number of halogens is 2. The Kier molecular flexibility index (Phi) is 2.65. The zero-order valence-corrected chi connectivity index (χ0v) is 8.24. The molecule has 2 rings (SSSR count). The Balaban J connectivity index is 2.58. The molecule has 0 bridgehead atoms. The van der Waals surface area contributed by atoms with E-state index in [2.05, 4.69) is 0 Å². The van der Waals surface area contributed by atoms with Crippen molar-refractivity contribution in [3.05, 3.63) is 59.7 Å². The van der Waals surface area contributed by atoms with E-state index in [9.17, 15) is 8.78 Å². The highest BCUT2D eigenvalue weighted by Gasteiger charge is 2.09. The number of benzene rings is 2. The van der Waals surface area contributed by atoms with Crippen molar-refractivity contribution in [3.63, 3.8) is 0 Å². The molecule has 0 N–H and O–H groups in total. The molecule has 0 spiro atoms. The molecule has 0 amide bonds. The monoisotopic (exact) mass is 215 g/mol. The fourth-order valence-corrected chi connectivity index (χ4v) is 1.48. The summed E-state index contributed by atoms with van der Waals surface area (Å²) >= 11 is 0. The SMILES string of the molecule is N#Cc1ccc(-c2ccccc2F)c(F)c1.